The quantitative estimate of drug-likeness (QED) is 0.473. The number of piperidine rings is 1. The second kappa shape index (κ2) is 18.2. The molecule has 3 rings (SSSR count). The number of nitrogens with zero attached hydrogens (tertiary/aromatic N) is 1. The number of hydrogen-bond acceptors (Lipinski definition) is 3. The Bertz CT molecular complexity index is 964. The molecule has 4 nitrogen and oxygen atoms in total. The number of benzene rings is 1. The second-order valence-corrected chi connectivity index (χ2v) is 7.24. The van der Waals surface area contributed by atoms with Crippen molar-refractivity contribution in [2.45, 2.75) is 54.4 Å². The number of carbonyl (C=O) groups excluding carboxylic acids is 1. The van der Waals surface area contributed by atoms with Crippen LogP contribution in [0.3, 0.4) is 0 Å². The number of para-hydroxylation sites is 1. The van der Waals surface area contributed by atoms with Gasteiger partial charge in [0, 0.05) is 24.6 Å². The van der Waals surface area contributed by atoms with Gasteiger partial charge in [-0.05, 0) is 57.4 Å². The number of anilines is 1. The number of allylic oxidation sites excluding steroid dienone is 7. The molecule has 1 aromatic carbocycles. The van der Waals surface area contributed by atoms with E-state index >= 15 is 0 Å². The Morgan fingerprint density at radius 3 is 2.36 bits per heavy atom. The van der Waals surface area contributed by atoms with Gasteiger partial charge in [-0.1, -0.05) is 75.1 Å². The SMILES string of the molecule is C=C/C=C1/NCCC/C1=C/C.C=CC=C(C)C.CC.CC(=O)Nc1cnc2ccccc2c1. The first kappa shape index (κ1) is 29.6. The Morgan fingerprint density at radius 1 is 1.12 bits per heavy atom. The van der Waals surface area contributed by atoms with E-state index < -0.39 is 0 Å². The van der Waals surface area contributed by atoms with Crippen molar-refractivity contribution in [2.24, 2.45) is 0 Å². The van der Waals surface area contributed by atoms with Gasteiger partial charge in [-0.3, -0.25) is 9.78 Å². The molecule has 2 N–H and O–H groups in total. The Balaban J connectivity index is 0.000000482. The van der Waals surface area contributed by atoms with E-state index in [1.54, 1.807) is 12.3 Å². The van der Waals surface area contributed by atoms with E-state index in [0.717, 1.165) is 23.1 Å². The second-order valence-electron chi connectivity index (χ2n) is 7.24. The molecule has 0 unspecified atom stereocenters. The molecule has 0 bridgehead atoms. The number of pyridine rings is 1. The molecular formula is C29H41N3O. The van der Waals surface area contributed by atoms with Gasteiger partial charge >= 0.3 is 0 Å². The lowest BCUT2D eigenvalue weighted by molar-refractivity contribution is -0.114. The summed E-state index contributed by atoms with van der Waals surface area (Å²) in [5.41, 5.74) is 5.62. The van der Waals surface area contributed by atoms with Crippen molar-refractivity contribution in [1.29, 1.82) is 0 Å². The third kappa shape index (κ3) is 12.9. The molecule has 1 saturated heterocycles. The summed E-state index contributed by atoms with van der Waals surface area (Å²) in [6.07, 6.45) is 13.9. The maximum atomic E-state index is 10.8. The molecule has 178 valence electrons. The first-order valence-corrected chi connectivity index (χ1v) is 11.5. The highest BCUT2D eigenvalue weighted by Gasteiger charge is 2.07. The summed E-state index contributed by atoms with van der Waals surface area (Å²) in [4.78, 5) is 15.0. The highest BCUT2D eigenvalue weighted by molar-refractivity contribution is 5.91. The van der Waals surface area contributed by atoms with Crippen molar-refractivity contribution < 1.29 is 4.79 Å². The van der Waals surface area contributed by atoms with E-state index in [0.29, 0.717) is 0 Å². The van der Waals surface area contributed by atoms with Crippen LogP contribution < -0.4 is 10.6 Å². The van der Waals surface area contributed by atoms with Crippen LogP contribution in [0, 0.1) is 0 Å². The molecule has 4 heteroatoms. The highest BCUT2D eigenvalue weighted by Crippen LogP contribution is 2.18. The number of hydrogen-bond donors (Lipinski definition) is 2. The summed E-state index contributed by atoms with van der Waals surface area (Å²) in [6, 6.07) is 9.69. The van der Waals surface area contributed by atoms with E-state index in [9.17, 15) is 4.79 Å². The smallest absolute Gasteiger partial charge is 0.221 e. The topological polar surface area (TPSA) is 54.0 Å². The number of fused-ring (bicyclic) bond motifs is 1. The van der Waals surface area contributed by atoms with Crippen molar-refractivity contribution in [3.05, 3.63) is 96.9 Å². The summed E-state index contributed by atoms with van der Waals surface area (Å²) in [7, 11) is 0. The van der Waals surface area contributed by atoms with Gasteiger partial charge in [-0.25, -0.2) is 0 Å². The summed E-state index contributed by atoms with van der Waals surface area (Å²) in [6.45, 7) is 19.9. The summed E-state index contributed by atoms with van der Waals surface area (Å²) >= 11 is 0. The van der Waals surface area contributed by atoms with Gasteiger partial charge in [-0.2, -0.15) is 0 Å². The van der Waals surface area contributed by atoms with Crippen LogP contribution in [-0.2, 0) is 4.79 Å². The molecule has 1 fully saturated rings. The van der Waals surface area contributed by atoms with Crippen LogP contribution in [0.25, 0.3) is 10.9 Å². The van der Waals surface area contributed by atoms with E-state index in [2.05, 4.69) is 41.8 Å². The summed E-state index contributed by atoms with van der Waals surface area (Å²) in [5, 5.41) is 7.06. The summed E-state index contributed by atoms with van der Waals surface area (Å²) in [5.74, 6) is -0.0814. The van der Waals surface area contributed by atoms with Gasteiger partial charge in [-0.15, -0.1) is 0 Å². The molecule has 2 heterocycles. The lowest BCUT2D eigenvalue weighted by atomic mass is 10.0. The van der Waals surface area contributed by atoms with Gasteiger partial charge in [0.2, 0.25) is 5.91 Å². The first-order chi connectivity index (χ1) is 15.9. The Morgan fingerprint density at radius 2 is 1.82 bits per heavy atom. The average Bonchev–Trinajstić information content (AvgIpc) is 2.81. The average molecular weight is 448 g/mol. The van der Waals surface area contributed by atoms with Crippen LogP contribution in [0.15, 0.2) is 96.9 Å². The van der Waals surface area contributed by atoms with Crippen molar-refractivity contribution in [2.75, 3.05) is 11.9 Å². The summed E-state index contributed by atoms with van der Waals surface area (Å²) < 4.78 is 0. The number of aromatic nitrogens is 1. The fraction of sp³-hybridized carbons (Fsp3) is 0.310. The minimum atomic E-state index is -0.0814. The maximum absolute atomic E-state index is 10.8. The third-order valence-corrected chi connectivity index (χ3v) is 4.28. The van der Waals surface area contributed by atoms with Crippen LogP contribution in [-0.4, -0.2) is 17.4 Å². The molecule has 2 aromatic rings. The molecule has 0 aliphatic carbocycles. The molecule has 0 atom stereocenters. The molecule has 0 spiro atoms. The van der Waals surface area contributed by atoms with Gasteiger partial charge in [0.1, 0.15) is 0 Å². The standard InChI is InChI=1S/C11H10N2O.C10H15N.C6H10.C2H6/c1-8(14)13-10-6-9-4-2-3-5-11(9)12-7-10;1-3-6-10-9(4-2)7-5-8-11-10;1-4-5-6(2)3;1-2/h2-7H,1H3,(H,13,14);3-4,6,11H,1,5,7-8H2,2H3;4-5H,1H2,2-3H3;1-2H3/b;9-4-,10-6+;;. The normalized spacial score (nSPS) is 14.1. The third-order valence-electron chi connectivity index (χ3n) is 4.28. The molecule has 33 heavy (non-hydrogen) atoms. The van der Waals surface area contributed by atoms with E-state index in [1.165, 1.54) is 36.6 Å². The van der Waals surface area contributed by atoms with Crippen LogP contribution in [0.2, 0.25) is 0 Å². The largest absolute Gasteiger partial charge is 0.385 e. The van der Waals surface area contributed by atoms with E-state index in [-0.39, 0.29) is 5.91 Å². The van der Waals surface area contributed by atoms with Gasteiger partial charge in [0.25, 0.3) is 0 Å². The predicted octanol–water partition coefficient (Wildman–Crippen LogP) is 7.74. The predicted molar refractivity (Wildman–Crippen MR) is 146 cm³/mol. The molecule has 1 aliphatic heterocycles. The Kier molecular flexibility index (Phi) is 16.3. The van der Waals surface area contributed by atoms with Crippen LogP contribution in [0.5, 0.6) is 0 Å². The Hall–Kier alpha value is -3.40. The number of nitrogens with one attached hydrogen (secondary N) is 2. The minimum absolute atomic E-state index is 0.0814. The zero-order valence-electron chi connectivity index (χ0n) is 21.2. The van der Waals surface area contributed by atoms with Gasteiger partial charge in [0.15, 0.2) is 0 Å². The number of rotatable bonds is 3. The van der Waals surface area contributed by atoms with Crippen molar-refractivity contribution in [3.63, 3.8) is 0 Å². The number of amides is 1. The Labute approximate surface area is 200 Å². The lowest BCUT2D eigenvalue weighted by Crippen LogP contribution is -2.21. The zero-order chi connectivity index (χ0) is 25.1. The first-order valence-electron chi connectivity index (χ1n) is 11.5. The molecule has 1 aliphatic rings. The van der Waals surface area contributed by atoms with Gasteiger partial charge < -0.3 is 10.6 Å². The van der Waals surface area contributed by atoms with E-state index in [1.807, 2.05) is 76.3 Å². The van der Waals surface area contributed by atoms with Crippen LogP contribution in [0.4, 0.5) is 5.69 Å². The van der Waals surface area contributed by atoms with Crippen molar-refractivity contribution in [1.82, 2.24) is 10.3 Å². The molecule has 1 aromatic heterocycles. The van der Waals surface area contributed by atoms with Crippen molar-refractivity contribution >= 4 is 22.5 Å². The van der Waals surface area contributed by atoms with Crippen LogP contribution in [0.1, 0.15) is 54.4 Å². The number of carbonyl (C=O) groups is 1. The minimum Gasteiger partial charge on any atom is -0.385 e. The maximum Gasteiger partial charge on any atom is 0.221 e. The fourth-order valence-corrected chi connectivity index (χ4v) is 2.91. The van der Waals surface area contributed by atoms with E-state index in [4.69, 9.17) is 0 Å². The van der Waals surface area contributed by atoms with Gasteiger partial charge in [0.05, 0.1) is 17.4 Å². The van der Waals surface area contributed by atoms with Crippen molar-refractivity contribution in [3.8, 4) is 0 Å². The molecule has 0 saturated carbocycles. The fourth-order valence-electron chi connectivity index (χ4n) is 2.91. The molecule has 1 amide bonds. The zero-order valence-corrected chi connectivity index (χ0v) is 21.2. The van der Waals surface area contributed by atoms with Crippen LogP contribution >= 0.6 is 0 Å². The highest BCUT2D eigenvalue weighted by atomic mass is 16.1. The molecular weight excluding hydrogens is 406 g/mol. The monoisotopic (exact) mass is 447 g/mol. The molecule has 0 radical (unpaired) electrons. The lowest BCUT2D eigenvalue weighted by Gasteiger charge is -2.19.